The molecule has 0 aliphatic carbocycles. The molecule has 0 heterocycles. The fraction of sp³-hybridized carbons (Fsp3) is 0.462. The molecule has 0 atom stereocenters. The number of hydrogen-bond donors (Lipinski definition) is 0. The summed E-state index contributed by atoms with van der Waals surface area (Å²) in [4.78, 5) is 11.1. The lowest BCUT2D eigenvalue weighted by Crippen LogP contribution is -2.10. The van der Waals surface area contributed by atoms with E-state index < -0.39 is 25.7 Å². The van der Waals surface area contributed by atoms with Crippen LogP contribution >= 0.6 is 26.6 Å². The fourth-order valence-corrected chi connectivity index (χ4v) is 2.99. The fourth-order valence-electron chi connectivity index (χ4n) is 1.61. The van der Waals surface area contributed by atoms with Crippen molar-refractivity contribution in [1.29, 1.82) is 0 Å². The molecule has 0 N–H and O–H groups in total. The molecule has 0 aliphatic heterocycles. The van der Waals surface area contributed by atoms with E-state index in [0.29, 0.717) is 12.3 Å². The van der Waals surface area contributed by atoms with Crippen LogP contribution in [0.4, 0.5) is 4.39 Å². The van der Waals surface area contributed by atoms with E-state index >= 15 is 0 Å². The molecule has 0 spiro atoms. The van der Waals surface area contributed by atoms with E-state index in [1.807, 2.05) is 0 Å². The molecular formula is C13H15BrClFO4S. The Labute approximate surface area is 136 Å². The van der Waals surface area contributed by atoms with E-state index in [1.54, 1.807) is 0 Å². The van der Waals surface area contributed by atoms with Gasteiger partial charge in [-0.3, -0.25) is 0 Å². The zero-order chi connectivity index (χ0) is 16.2. The molecule has 0 saturated carbocycles. The van der Waals surface area contributed by atoms with Crippen molar-refractivity contribution in [3.63, 3.8) is 0 Å². The first-order valence-corrected chi connectivity index (χ1v) is 9.34. The third-order valence-electron chi connectivity index (χ3n) is 2.66. The number of hydrogen-bond acceptors (Lipinski definition) is 4. The van der Waals surface area contributed by atoms with Gasteiger partial charge in [0.25, 0.3) is 9.05 Å². The van der Waals surface area contributed by atoms with Gasteiger partial charge in [0.15, 0.2) is 0 Å². The topological polar surface area (TPSA) is 60.4 Å². The highest BCUT2D eigenvalue weighted by Gasteiger charge is 2.22. The predicted molar refractivity (Wildman–Crippen MR) is 81.5 cm³/mol. The summed E-state index contributed by atoms with van der Waals surface area (Å²) >= 11 is 3.00. The van der Waals surface area contributed by atoms with Gasteiger partial charge >= 0.3 is 5.97 Å². The maximum atomic E-state index is 13.5. The lowest BCUT2D eigenvalue weighted by molar-refractivity contribution is 0.0493. The molecule has 0 radical (unpaired) electrons. The second kappa shape index (κ2) is 7.56. The zero-order valence-electron chi connectivity index (χ0n) is 11.5. The van der Waals surface area contributed by atoms with Gasteiger partial charge in [0.1, 0.15) is 10.7 Å². The highest BCUT2D eigenvalue weighted by molar-refractivity contribution is 9.10. The van der Waals surface area contributed by atoms with Gasteiger partial charge in [-0.2, -0.15) is 0 Å². The Morgan fingerprint density at radius 1 is 1.43 bits per heavy atom. The summed E-state index contributed by atoms with van der Waals surface area (Å²) < 4.78 is 41.2. The van der Waals surface area contributed by atoms with Crippen molar-refractivity contribution < 1.29 is 22.3 Å². The monoisotopic (exact) mass is 400 g/mol. The van der Waals surface area contributed by atoms with Crippen LogP contribution in [0.2, 0.25) is 0 Å². The summed E-state index contributed by atoms with van der Waals surface area (Å²) in [5.74, 6) is -1.27. The van der Waals surface area contributed by atoms with Crippen LogP contribution in [0.5, 0.6) is 0 Å². The van der Waals surface area contributed by atoms with E-state index in [2.05, 4.69) is 29.8 Å². The van der Waals surface area contributed by atoms with Crippen molar-refractivity contribution in [3.05, 3.63) is 28.0 Å². The van der Waals surface area contributed by atoms with Gasteiger partial charge in [-0.15, -0.1) is 0 Å². The Morgan fingerprint density at radius 2 is 2.05 bits per heavy atom. The average Bonchev–Trinajstić information content (AvgIpc) is 2.32. The summed E-state index contributed by atoms with van der Waals surface area (Å²) in [5.41, 5.74) is -0.0832. The Bertz CT molecular complexity index is 631. The van der Waals surface area contributed by atoms with E-state index in [1.165, 1.54) is 0 Å². The van der Waals surface area contributed by atoms with Crippen LogP contribution in [0.25, 0.3) is 0 Å². The molecule has 1 aromatic carbocycles. The second-order valence-corrected chi connectivity index (χ2v) is 8.26. The lowest BCUT2D eigenvalue weighted by Gasteiger charge is -2.09. The first kappa shape index (κ1) is 18.4. The minimum absolute atomic E-state index is 0.0832. The van der Waals surface area contributed by atoms with Crippen molar-refractivity contribution in [2.24, 2.45) is 5.92 Å². The summed E-state index contributed by atoms with van der Waals surface area (Å²) in [6.45, 7) is 4.32. The maximum Gasteiger partial charge on any atom is 0.339 e. The molecule has 1 rings (SSSR count). The van der Waals surface area contributed by atoms with E-state index in [-0.39, 0.29) is 16.6 Å². The number of rotatable bonds is 6. The predicted octanol–water partition coefficient (Wildman–Crippen LogP) is 4.11. The number of carbonyl (C=O) groups excluding carboxylic acids is 1. The zero-order valence-corrected chi connectivity index (χ0v) is 14.7. The van der Waals surface area contributed by atoms with Gasteiger partial charge in [0.2, 0.25) is 0 Å². The highest BCUT2D eigenvalue weighted by Crippen LogP contribution is 2.27. The SMILES string of the molecule is CC(C)CCCOC(=O)c1cc(S(=O)(=O)Cl)c(F)cc1Br. The molecule has 8 heteroatoms. The molecule has 0 bridgehead atoms. The normalized spacial score (nSPS) is 11.7. The van der Waals surface area contributed by atoms with Crippen LogP contribution < -0.4 is 0 Å². The van der Waals surface area contributed by atoms with Crippen molar-refractivity contribution in [3.8, 4) is 0 Å². The van der Waals surface area contributed by atoms with Crippen LogP contribution in [0.15, 0.2) is 21.5 Å². The molecule has 118 valence electrons. The quantitative estimate of drug-likeness (QED) is 0.409. The maximum absolute atomic E-state index is 13.5. The van der Waals surface area contributed by atoms with Gasteiger partial charge in [-0.25, -0.2) is 17.6 Å². The van der Waals surface area contributed by atoms with Gasteiger partial charge in [0, 0.05) is 15.2 Å². The van der Waals surface area contributed by atoms with Crippen molar-refractivity contribution in [2.45, 2.75) is 31.6 Å². The van der Waals surface area contributed by atoms with Crippen molar-refractivity contribution in [2.75, 3.05) is 6.61 Å². The van der Waals surface area contributed by atoms with E-state index in [4.69, 9.17) is 15.4 Å². The lowest BCUT2D eigenvalue weighted by atomic mass is 10.1. The van der Waals surface area contributed by atoms with Crippen molar-refractivity contribution >= 4 is 41.6 Å². The summed E-state index contributed by atoms with van der Waals surface area (Å²) in [6.07, 6.45) is 1.60. The van der Waals surface area contributed by atoms with E-state index in [9.17, 15) is 17.6 Å². The molecule has 0 saturated heterocycles. The Kier molecular flexibility index (Phi) is 6.62. The highest BCUT2D eigenvalue weighted by atomic mass is 79.9. The summed E-state index contributed by atoms with van der Waals surface area (Å²) in [6, 6.07) is 1.74. The molecule has 0 aliphatic rings. The van der Waals surface area contributed by atoms with Crippen LogP contribution in [0, 0.1) is 11.7 Å². The molecule has 1 aromatic rings. The molecule has 21 heavy (non-hydrogen) atoms. The first-order valence-electron chi connectivity index (χ1n) is 6.23. The minimum Gasteiger partial charge on any atom is -0.462 e. The van der Waals surface area contributed by atoms with Crippen LogP contribution in [-0.2, 0) is 13.8 Å². The summed E-state index contributed by atoms with van der Waals surface area (Å²) in [7, 11) is 0.845. The summed E-state index contributed by atoms with van der Waals surface area (Å²) in [5, 5.41) is 0. The Hall–Kier alpha value is -0.660. The third kappa shape index (κ3) is 5.56. The molecule has 4 nitrogen and oxygen atoms in total. The average molecular weight is 402 g/mol. The standard InChI is InChI=1S/C13H15BrClFO4S/c1-8(2)4-3-5-20-13(17)9-6-12(21(15,18)19)11(16)7-10(9)14/h6-8H,3-5H2,1-2H3. The molecule has 0 aromatic heterocycles. The third-order valence-corrected chi connectivity index (χ3v) is 4.66. The molecule has 0 amide bonds. The van der Waals surface area contributed by atoms with Gasteiger partial charge in [-0.1, -0.05) is 13.8 Å². The van der Waals surface area contributed by atoms with Crippen molar-refractivity contribution in [1.82, 2.24) is 0 Å². The van der Waals surface area contributed by atoms with Gasteiger partial charge < -0.3 is 4.74 Å². The smallest absolute Gasteiger partial charge is 0.339 e. The van der Waals surface area contributed by atoms with Crippen LogP contribution in [0.3, 0.4) is 0 Å². The Balaban J connectivity index is 2.90. The number of halogens is 3. The largest absolute Gasteiger partial charge is 0.462 e. The van der Waals surface area contributed by atoms with Gasteiger partial charge in [-0.05, 0) is 46.8 Å². The first-order chi connectivity index (χ1) is 9.62. The van der Waals surface area contributed by atoms with Crippen LogP contribution in [0.1, 0.15) is 37.0 Å². The molecule has 0 unspecified atom stereocenters. The number of esters is 1. The van der Waals surface area contributed by atoms with Gasteiger partial charge in [0.05, 0.1) is 12.2 Å². The number of carbonyl (C=O) groups is 1. The van der Waals surface area contributed by atoms with Crippen LogP contribution in [-0.4, -0.2) is 21.0 Å². The number of ether oxygens (including phenoxy) is 1. The molecular weight excluding hydrogens is 387 g/mol. The molecule has 0 fully saturated rings. The Morgan fingerprint density at radius 3 is 2.57 bits per heavy atom. The minimum atomic E-state index is -4.27. The number of benzene rings is 1. The van der Waals surface area contributed by atoms with E-state index in [0.717, 1.165) is 18.6 Å². The second-order valence-electron chi connectivity index (χ2n) is 4.87.